The predicted molar refractivity (Wildman–Crippen MR) is 71.4 cm³/mol. The summed E-state index contributed by atoms with van der Waals surface area (Å²) < 4.78 is 0. The molecule has 1 saturated heterocycles. The van der Waals surface area contributed by atoms with Gasteiger partial charge in [-0.05, 0) is 25.7 Å². The van der Waals surface area contributed by atoms with Gasteiger partial charge in [0, 0.05) is 32.2 Å². The van der Waals surface area contributed by atoms with Gasteiger partial charge >= 0.3 is 0 Å². The molecule has 2 rings (SSSR count). The molecule has 1 unspecified atom stereocenters. The number of carbonyl (C=O) groups excluding carboxylic acids is 2. The molecule has 0 radical (unpaired) electrons. The highest BCUT2D eigenvalue weighted by molar-refractivity contribution is 5.89. The van der Waals surface area contributed by atoms with Crippen molar-refractivity contribution >= 4 is 11.8 Å². The molecule has 2 amide bonds. The fraction of sp³-hybridized carbons (Fsp3) is 0.857. The molecular formula is C14H24N2O3. The van der Waals surface area contributed by atoms with Crippen molar-refractivity contribution in [1.29, 1.82) is 0 Å². The Morgan fingerprint density at radius 2 is 2.00 bits per heavy atom. The number of rotatable bonds is 8. The molecule has 0 aromatic carbocycles. The van der Waals surface area contributed by atoms with Gasteiger partial charge in [0.15, 0.2) is 0 Å². The zero-order chi connectivity index (χ0) is 13.7. The van der Waals surface area contributed by atoms with Crippen LogP contribution < -0.4 is 5.32 Å². The van der Waals surface area contributed by atoms with Gasteiger partial charge in [0.2, 0.25) is 11.8 Å². The van der Waals surface area contributed by atoms with Crippen molar-refractivity contribution < 1.29 is 14.7 Å². The summed E-state index contributed by atoms with van der Waals surface area (Å²) in [5.74, 6) is 0.0230. The lowest BCUT2D eigenvalue weighted by Gasteiger charge is -2.15. The first-order valence-electron chi connectivity index (χ1n) is 7.40. The van der Waals surface area contributed by atoms with Crippen LogP contribution in [-0.2, 0) is 9.59 Å². The first-order chi connectivity index (χ1) is 9.22. The monoisotopic (exact) mass is 268 g/mol. The standard InChI is InChI=1S/C14H24N2O3/c17-8-4-2-1-3-7-15-14(19)11-9-13(18)16(10-11)12-5-6-12/h11-12,17H,1-10H2,(H,15,19). The second-order valence-electron chi connectivity index (χ2n) is 5.61. The number of amides is 2. The maximum Gasteiger partial charge on any atom is 0.225 e. The third kappa shape index (κ3) is 4.20. The molecule has 1 saturated carbocycles. The van der Waals surface area contributed by atoms with E-state index >= 15 is 0 Å². The molecule has 2 aliphatic rings. The molecule has 0 aromatic rings. The van der Waals surface area contributed by atoms with Crippen molar-refractivity contribution in [1.82, 2.24) is 10.2 Å². The van der Waals surface area contributed by atoms with Gasteiger partial charge in [0.05, 0.1) is 5.92 Å². The van der Waals surface area contributed by atoms with Gasteiger partial charge in [-0.3, -0.25) is 9.59 Å². The van der Waals surface area contributed by atoms with E-state index in [1.165, 1.54) is 0 Å². The Labute approximate surface area is 114 Å². The molecule has 5 heteroatoms. The van der Waals surface area contributed by atoms with Crippen LogP contribution in [0.25, 0.3) is 0 Å². The Morgan fingerprint density at radius 3 is 2.68 bits per heavy atom. The number of carbonyl (C=O) groups is 2. The fourth-order valence-corrected chi connectivity index (χ4v) is 2.59. The van der Waals surface area contributed by atoms with E-state index in [4.69, 9.17) is 5.11 Å². The smallest absolute Gasteiger partial charge is 0.225 e. The average Bonchev–Trinajstić information content (AvgIpc) is 3.16. The second kappa shape index (κ2) is 6.89. The zero-order valence-electron chi connectivity index (χ0n) is 11.4. The number of nitrogens with zero attached hydrogens (tertiary/aromatic N) is 1. The van der Waals surface area contributed by atoms with Crippen LogP contribution in [0.15, 0.2) is 0 Å². The quantitative estimate of drug-likeness (QED) is 0.636. The Morgan fingerprint density at radius 1 is 1.26 bits per heavy atom. The molecular weight excluding hydrogens is 244 g/mol. The van der Waals surface area contributed by atoms with Crippen molar-refractivity contribution in [2.75, 3.05) is 19.7 Å². The third-order valence-electron chi connectivity index (χ3n) is 3.90. The Hall–Kier alpha value is -1.10. The molecule has 0 bridgehead atoms. The number of nitrogens with one attached hydrogen (secondary N) is 1. The first-order valence-corrected chi connectivity index (χ1v) is 7.40. The minimum atomic E-state index is -0.148. The summed E-state index contributed by atoms with van der Waals surface area (Å²) in [5, 5.41) is 11.6. The van der Waals surface area contributed by atoms with Gasteiger partial charge < -0.3 is 15.3 Å². The van der Waals surface area contributed by atoms with Crippen LogP contribution in [0.4, 0.5) is 0 Å². The van der Waals surface area contributed by atoms with E-state index in [0.717, 1.165) is 38.5 Å². The van der Waals surface area contributed by atoms with E-state index in [2.05, 4.69) is 5.32 Å². The van der Waals surface area contributed by atoms with Gasteiger partial charge in [-0.2, -0.15) is 0 Å². The third-order valence-corrected chi connectivity index (χ3v) is 3.90. The Kier molecular flexibility index (Phi) is 5.19. The summed E-state index contributed by atoms with van der Waals surface area (Å²) in [6, 6.07) is 0.420. The fourth-order valence-electron chi connectivity index (χ4n) is 2.59. The molecule has 0 spiro atoms. The minimum Gasteiger partial charge on any atom is -0.396 e. The lowest BCUT2D eigenvalue weighted by molar-refractivity contribution is -0.129. The molecule has 0 aromatic heterocycles. The van der Waals surface area contributed by atoms with Gasteiger partial charge in [-0.25, -0.2) is 0 Å². The molecule has 1 atom stereocenters. The van der Waals surface area contributed by atoms with Gasteiger partial charge in [-0.15, -0.1) is 0 Å². The lowest BCUT2D eigenvalue weighted by Crippen LogP contribution is -2.34. The Bertz CT molecular complexity index is 329. The highest BCUT2D eigenvalue weighted by Gasteiger charge is 2.41. The Balaban J connectivity index is 1.60. The van der Waals surface area contributed by atoms with E-state index in [-0.39, 0.29) is 24.3 Å². The van der Waals surface area contributed by atoms with Crippen molar-refractivity contribution in [3.05, 3.63) is 0 Å². The number of hydrogen-bond acceptors (Lipinski definition) is 3. The number of unbranched alkanes of at least 4 members (excludes halogenated alkanes) is 3. The summed E-state index contributed by atoms with van der Waals surface area (Å²) >= 11 is 0. The number of likely N-dealkylation sites (tertiary alicyclic amines) is 1. The van der Waals surface area contributed by atoms with Gasteiger partial charge in [0.25, 0.3) is 0 Å². The van der Waals surface area contributed by atoms with E-state index in [0.29, 0.717) is 25.6 Å². The largest absolute Gasteiger partial charge is 0.396 e. The van der Waals surface area contributed by atoms with Crippen LogP contribution in [0.1, 0.15) is 44.9 Å². The number of aliphatic hydroxyl groups excluding tert-OH is 1. The van der Waals surface area contributed by atoms with Crippen LogP contribution in [-0.4, -0.2) is 47.6 Å². The van der Waals surface area contributed by atoms with Crippen molar-refractivity contribution in [2.45, 2.75) is 51.0 Å². The van der Waals surface area contributed by atoms with Crippen LogP contribution in [0.5, 0.6) is 0 Å². The molecule has 1 heterocycles. The number of aliphatic hydroxyl groups is 1. The van der Waals surface area contributed by atoms with E-state index in [9.17, 15) is 9.59 Å². The topological polar surface area (TPSA) is 69.6 Å². The van der Waals surface area contributed by atoms with E-state index in [1.807, 2.05) is 4.90 Å². The van der Waals surface area contributed by atoms with E-state index < -0.39 is 0 Å². The molecule has 2 N–H and O–H groups in total. The molecule has 108 valence electrons. The second-order valence-corrected chi connectivity index (χ2v) is 5.61. The molecule has 1 aliphatic carbocycles. The zero-order valence-corrected chi connectivity index (χ0v) is 11.4. The highest BCUT2D eigenvalue weighted by atomic mass is 16.3. The van der Waals surface area contributed by atoms with Crippen molar-refractivity contribution in [2.24, 2.45) is 5.92 Å². The van der Waals surface area contributed by atoms with Gasteiger partial charge in [0.1, 0.15) is 0 Å². The highest BCUT2D eigenvalue weighted by Crippen LogP contribution is 2.32. The van der Waals surface area contributed by atoms with Crippen LogP contribution in [0.3, 0.4) is 0 Å². The van der Waals surface area contributed by atoms with Crippen molar-refractivity contribution in [3.63, 3.8) is 0 Å². The molecule has 19 heavy (non-hydrogen) atoms. The summed E-state index contributed by atoms with van der Waals surface area (Å²) in [6.45, 7) is 1.53. The summed E-state index contributed by atoms with van der Waals surface area (Å²) in [7, 11) is 0. The van der Waals surface area contributed by atoms with E-state index in [1.54, 1.807) is 0 Å². The van der Waals surface area contributed by atoms with Crippen LogP contribution in [0.2, 0.25) is 0 Å². The summed E-state index contributed by atoms with van der Waals surface area (Å²) in [4.78, 5) is 25.6. The molecule has 1 aliphatic heterocycles. The van der Waals surface area contributed by atoms with Crippen LogP contribution in [0, 0.1) is 5.92 Å². The van der Waals surface area contributed by atoms with Gasteiger partial charge in [-0.1, -0.05) is 12.8 Å². The summed E-state index contributed by atoms with van der Waals surface area (Å²) in [6.07, 6.45) is 6.39. The maximum atomic E-state index is 11.9. The van der Waals surface area contributed by atoms with Crippen LogP contribution >= 0.6 is 0 Å². The minimum absolute atomic E-state index is 0.0265. The molecule has 5 nitrogen and oxygen atoms in total. The maximum absolute atomic E-state index is 11.9. The SMILES string of the molecule is O=C(NCCCCCCO)C1CC(=O)N(C2CC2)C1. The number of hydrogen-bond donors (Lipinski definition) is 2. The molecule has 2 fully saturated rings. The predicted octanol–water partition coefficient (Wildman–Crippen LogP) is 0.666. The normalized spacial score (nSPS) is 22.9. The van der Waals surface area contributed by atoms with Crippen molar-refractivity contribution in [3.8, 4) is 0 Å². The first kappa shape index (κ1) is 14.3. The lowest BCUT2D eigenvalue weighted by atomic mass is 10.1. The summed E-state index contributed by atoms with van der Waals surface area (Å²) in [5.41, 5.74) is 0. The average molecular weight is 268 g/mol.